The van der Waals surface area contributed by atoms with Crippen molar-refractivity contribution < 1.29 is 13.7 Å². The molecular formula is C27H23N5O3S2. The molecule has 10 heteroatoms. The van der Waals surface area contributed by atoms with E-state index in [9.17, 15) is 9.00 Å². The molecule has 8 nitrogen and oxygen atoms in total. The van der Waals surface area contributed by atoms with Gasteiger partial charge in [0.1, 0.15) is 16.7 Å². The molecule has 0 spiro atoms. The number of rotatable bonds is 8. The van der Waals surface area contributed by atoms with Crippen molar-refractivity contribution >= 4 is 39.7 Å². The normalized spacial score (nSPS) is 11.7. The molecule has 0 fully saturated rings. The minimum atomic E-state index is -1.55. The number of hydrogen-bond acceptors (Lipinski definition) is 7. The molecule has 0 saturated carbocycles. The van der Waals surface area contributed by atoms with Crippen molar-refractivity contribution in [1.29, 1.82) is 0 Å². The molecule has 3 aromatic carbocycles. The molecule has 37 heavy (non-hydrogen) atoms. The smallest absolute Gasteiger partial charge is 0.357 e. The van der Waals surface area contributed by atoms with Crippen LogP contribution >= 0.6 is 11.3 Å². The van der Waals surface area contributed by atoms with Crippen molar-refractivity contribution in [2.24, 2.45) is 5.14 Å². The molecule has 2 heterocycles. The molecule has 186 valence electrons. The van der Waals surface area contributed by atoms with E-state index in [-0.39, 0.29) is 12.3 Å². The molecule has 1 atom stereocenters. The number of ether oxygens (including phenoxy) is 1. The van der Waals surface area contributed by atoms with Crippen molar-refractivity contribution in [3.8, 4) is 27.5 Å². The zero-order valence-corrected chi connectivity index (χ0v) is 21.5. The van der Waals surface area contributed by atoms with Crippen LogP contribution in [0.15, 0.2) is 95.3 Å². The topological polar surface area (TPSA) is 112 Å². The van der Waals surface area contributed by atoms with Crippen LogP contribution in [0.4, 0.5) is 11.4 Å². The van der Waals surface area contributed by atoms with Crippen LogP contribution in [0.2, 0.25) is 0 Å². The average Bonchev–Trinajstić information content (AvgIpc) is 3.58. The first-order valence-electron chi connectivity index (χ1n) is 11.4. The Bertz CT molecular complexity index is 1560. The van der Waals surface area contributed by atoms with Gasteiger partial charge in [-0.25, -0.2) is 23.8 Å². The third kappa shape index (κ3) is 5.51. The quantitative estimate of drug-likeness (QED) is 0.254. The van der Waals surface area contributed by atoms with E-state index in [1.807, 2.05) is 48.7 Å². The number of esters is 1. The van der Waals surface area contributed by atoms with Gasteiger partial charge in [0, 0.05) is 16.6 Å². The SMILES string of the molecule is CCOC(=O)c1csc(-n2cc(Nc3ccc(S(N)=O)cc3)c(-c3cccc(-c4ccccc4)c3)n2)n1. The van der Waals surface area contributed by atoms with Gasteiger partial charge in [0.2, 0.25) is 5.13 Å². The fraction of sp³-hybridized carbons (Fsp3) is 0.0741. The summed E-state index contributed by atoms with van der Waals surface area (Å²) in [6.45, 7) is 2.03. The van der Waals surface area contributed by atoms with Gasteiger partial charge in [-0.15, -0.1) is 11.3 Å². The summed E-state index contributed by atoms with van der Waals surface area (Å²) in [4.78, 5) is 17.1. The number of nitrogens with two attached hydrogens (primary N) is 1. The van der Waals surface area contributed by atoms with E-state index >= 15 is 0 Å². The third-order valence-electron chi connectivity index (χ3n) is 5.50. The number of carbonyl (C=O) groups excluding carboxylic acids is 1. The Morgan fingerprint density at radius 1 is 1.03 bits per heavy atom. The van der Waals surface area contributed by atoms with Crippen molar-refractivity contribution in [3.05, 3.63) is 96.1 Å². The molecule has 0 saturated heterocycles. The Kier molecular flexibility index (Phi) is 7.22. The zero-order chi connectivity index (χ0) is 25.8. The van der Waals surface area contributed by atoms with E-state index in [1.165, 1.54) is 11.3 Å². The molecule has 1 unspecified atom stereocenters. The second kappa shape index (κ2) is 10.9. The predicted octanol–water partition coefficient (Wildman–Crippen LogP) is 5.56. The number of anilines is 2. The van der Waals surface area contributed by atoms with Gasteiger partial charge in [-0.2, -0.15) is 5.10 Å². The lowest BCUT2D eigenvalue weighted by Crippen LogP contribution is -2.05. The van der Waals surface area contributed by atoms with Crippen LogP contribution in [0, 0.1) is 0 Å². The number of benzene rings is 3. The largest absolute Gasteiger partial charge is 0.461 e. The van der Waals surface area contributed by atoms with Gasteiger partial charge in [0.25, 0.3) is 0 Å². The van der Waals surface area contributed by atoms with Crippen molar-refractivity contribution in [3.63, 3.8) is 0 Å². The minimum Gasteiger partial charge on any atom is -0.461 e. The van der Waals surface area contributed by atoms with Crippen LogP contribution < -0.4 is 10.5 Å². The monoisotopic (exact) mass is 529 g/mol. The summed E-state index contributed by atoms with van der Waals surface area (Å²) >= 11 is 1.30. The summed E-state index contributed by atoms with van der Waals surface area (Å²) in [5.41, 5.74) is 5.53. The third-order valence-corrected chi connectivity index (χ3v) is 7.06. The molecule has 3 N–H and O–H groups in total. The van der Waals surface area contributed by atoms with Crippen LogP contribution in [0.3, 0.4) is 0 Å². The van der Waals surface area contributed by atoms with Gasteiger partial charge in [-0.05, 0) is 48.4 Å². The van der Waals surface area contributed by atoms with Gasteiger partial charge in [-0.3, -0.25) is 0 Å². The number of hydrogen-bond donors (Lipinski definition) is 2. The molecule has 0 aliphatic heterocycles. The van der Waals surface area contributed by atoms with Crippen LogP contribution in [0.1, 0.15) is 17.4 Å². The van der Waals surface area contributed by atoms with Crippen molar-refractivity contribution in [2.75, 3.05) is 11.9 Å². The first-order chi connectivity index (χ1) is 18.0. The Morgan fingerprint density at radius 3 is 2.49 bits per heavy atom. The molecule has 0 aliphatic rings. The number of nitrogens with one attached hydrogen (secondary N) is 1. The standard InChI is InChI=1S/C27H23N5O3S2/c1-2-35-26(33)24-17-36-27(30-24)32-16-23(29-21-11-13-22(14-12-21)37(28)34)25(31-32)20-10-6-9-19(15-20)18-7-4-3-5-8-18/h3-17,29H,2,28H2,1H3. The van der Waals surface area contributed by atoms with Gasteiger partial charge in [0.05, 0.1) is 23.4 Å². The van der Waals surface area contributed by atoms with Crippen LogP contribution in [-0.4, -0.2) is 31.5 Å². The Balaban J connectivity index is 1.55. The zero-order valence-electron chi connectivity index (χ0n) is 19.8. The molecule has 2 aromatic heterocycles. The number of aromatic nitrogens is 3. The molecule has 0 radical (unpaired) electrons. The second-order valence-electron chi connectivity index (χ2n) is 7.97. The number of thiazole rings is 1. The van der Waals surface area contributed by atoms with Gasteiger partial charge in [0.15, 0.2) is 5.69 Å². The number of carbonyl (C=O) groups is 1. The first-order valence-corrected chi connectivity index (χ1v) is 13.5. The van der Waals surface area contributed by atoms with Crippen LogP contribution in [-0.2, 0) is 15.7 Å². The Morgan fingerprint density at radius 2 is 1.76 bits per heavy atom. The maximum atomic E-state index is 12.1. The van der Waals surface area contributed by atoms with Crippen LogP contribution in [0.25, 0.3) is 27.5 Å². The highest BCUT2D eigenvalue weighted by atomic mass is 32.2. The Hall–Kier alpha value is -4.12. The van der Waals surface area contributed by atoms with E-state index in [4.69, 9.17) is 15.0 Å². The maximum absolute atomic E-state index is 12.1. The predicted molar refractivity (Wildman–Crippen MR) is 146 cm³/mol. The lowest BCUT2D eigenvalue weighted by Gasteiger charge is -2.08. The van der Waals surface area contributed by atoms with E-state index in [0.717, 1.165) is 28.1 Å². The fourth-order valence-electron chi connectivity index (χ4n) is 3.75. The summed E-state index contributed by atoms with van der Waals surface area (Å²) in [5, 5.41) is 15.9. The average molecular weight is 530 g/mol. The molecule has 0 bridgehead atoms. The minimum absolute atomic E-state index is 0.241. The molecule has 5 aromatic rings. The molecule has 5 rings (SSSR count). The van der Waals surface area contributed by atoms with E-state index in [1.54, 1.807) is 29.1 Å². The van der Waals surface area contributed by atoms with Gasteiger partial charge in [-0.1, -0.05) is 48.5 Å². The van der Waals surface area contributed by atoms with E-state index in [2.05, 4.69) is 34.6 Å². The first kappa shape index (κ1) is 24.6. The number of nitrogens with zero attached hydrogens (tertiary/aromatic N) is 3. The summed E-state index contributed by atoms with van der Waals surface area (Å²) in [5.74, 6) is -0.469. The fourth-order valence-corrected chi connectivity index (χ4v) is 4.87. The lowest BCUT2D eigenvalue weighted by molar-refractivity contribution is 0.0520. The van der Waals surface area contributed by atoms with E-state index in [0.29, 0.717) is 15.7 Å². The summed E-state index contributed by atoms with van der Waals surface area (Å²) < 4.78 is 18.3. The van der Waals surface area contributed by atoms with Gasteiger partial charge >= 0.3 is 5.97 Å². The summed E-state index contributed by atoms with van der Waals surface area (Å²) in [6.07, 6.45) is 1.83. The second-order valence-corrected chi connectivity index (χ2v) is 9.87. The van der Waals surface area contributed by atoms with Crippen LogP contribution in [0.5, 0.6) is 0 Å². The Labute approximate surface area is 220 Å². The highest BCUT2D eigenvalue weighted by Gasteiger charge is 2.18. The molecule has 0 amide bonds. The highest BCUT2D eigenvalue weighted by molar-refractivity contribution is 7.82. The van der Waals surface area contributed by atoms with Crippen molar-refractivity contribution in [2.45, 2.75) is 11.8 Å². The summed E-state index contributed by atoms with van der Waals surface area (Å²) in [6, 6.07) is 25.3. The highest BCUT2D eigenvalue weighted by Crippen LogP contribution is 2.33. The molecular weight excluding hydrogens is 506 g/mol. The lowest BCUT2D eigenvalue weighted by atomic mass is 10.0. The maximum Gasteiger partial charge on any atom is 0.357 e. The van der Waals surface area contributed by atoms with Gasteiger partial charge < -0.3 is 10.1 Å². The summed E-state index contributed by atoms with van der Waals surface area (Å²) in [7, 11) is -1.55. The molecule has 0 aliphatic carbocycles. The van der Waals surface area contributed by atoms with E-state index < -0.39 is 17.0 Å². The van der Waals surface area contributed by atoms with Crippen molar-refractivity contribution in [1.82, 2.24) is 14.8 Å².